The van der Waals surface area contributed by atoms with Crippen molar-refractivity contribution in [3.8, 4) is 44.9 Å². The van der Waals surface area contributed by atoms with Crippen molar-refractivity contribution in [1.29, 1.82) is 0 Å². The fraction of sp³-hybridized carbons (Fsp3) is 0. The van der Waals surface area contributed by atoms with Gasteiger partial charge in [-0.3, -0.25) is 0 Å². The van der Waals surface area contributed by atoms with Gasteiger partial charge in [0, 0.05) is 11.1 Å². The molecule has 0 amide bonds. The van der Waals surface area contributed by atoms with Gasteiger partial charge in [0.1, 0.15) is 11.6 Å². The molecule has 5 rings (SSSR count). The molecular formula is C28H19BF2N2O2. The molecule has 0 saturated heterocycles. The molecule has 1 aromatic heterocycles. The second-order valence-electron chi connectivity index (χ2n) is 8.01. The third kappa shape index (κ3) is 4.87. The van der Waals surface area contributed by atoms with Gasteiger partial charge in [-0.2, -0.15) is 0 Å². The number of hydrogen-bond donors (Lipinski definition) is 2. The van der Waals surface area contributed by atoms with Gasteiger partial charge >= 0.3 is 7.12 Å². The first-order valence-electron chi connectivity index (χ1n) is 10.9. The zero-order valence-corrected chi connectivity index (χ0v) is 18.4. The summed E-state index contributed by atoms with van der Waals surface area (Å²) in [5.41, 5.74) is 5.37. The average Bonchev–Trinajstić information content (AvgIpc) is 2.89. The van der Waals surface area contributed by atoms with Crippen LogP contribution in [0.4, 0.5) is 8.78 Å². The summed E-state index contributed by atoms with van der Waals surface area (Å²) in [4.78, 5) is 9.06. The molecular weight excluding hydrogens is 445 g/mol. The molecule has 2 N–H and O–H groups in total. The number of aromatic nitrogens is 2. The molecule has 0 bridgehead atoms. The predicted molar refractivity (Wildman–Crippen MR) is 134 cm³/mol. The zero-order chi connectivity index (χ0) is 24.4. The topological polar surface area (TPSA) is 66.2 Å². The van der Waals surface area contributed by atoms with Crippen LogP contribution in [0.1, 0.15) is 0 Å². The van der Waals surface area contributed by atoms with Crippen LogP contribution in [-0.2, 0) is 0 Å². The van der Waals surface area contributed by atoms with Gasteiger partial charge in [0.05, 0.1) is 11.3 Å². The molecule has 0 aliphatic heterocycles. The standard InChI is InChI=1S/C28H19BF2N2O2/c30-22-13-9-19(10-14-22)18-5-7-21(8-6-18)28-32-26(17-27(33-28)29(34)35)25-4-2-1-3-24(25)20-11-15-23(31)16-12-20/h1-17,34-35H. The third-order valence-electron chi connectivity index (χ3n) is 5.69. The van der Waals surface area contributed by atoms with Gasteiger partial charge in [-0.1, -0.05) is 72.8 Å². The molecule has 0 aliphatic rings. The Kier molecular flexibility index (Phi) is 6.18. The highest BCUT2D eigenvalue weighted by atomic mass is 19.1. The quantitative estimate of drug-likeness (QED) is 0.355. The smallest absolute Gasteiger partial charge is 0.422 e. The van der Waals surface area contributed by atoms with Crippen molar-refractivity contribution in [2.24, 2.45) is 0 Å². The predicted octanol–water partition coefficient (Wildman–Crippen LogP) is 5.10. The largest absolute Gasteiger partial charge is 0.508 e. The van der Waals surface area contributed by atoms with Crippen LogP contribution in [0, 0.1) is 11.6 Å². The number of benzene rings is 4. The van der Waals surface area contributed by atoms with Crippen molar-refractivity contribution in [1.82, 2.24) is 9.97 Å². The minimum Gasteiger partial charge on any atom is -0.422 e. The number of rotatable bonds is 5. The summed E-state index contributed by atoms with van der Waals surface area (Å²) in [5.74, 6) is -0.304. The fourth-order valence-electron chi connectivity index (χ4n) is 3.91. The molecule has 7 heteroatoms. The average molecular weight is 464 g/mol. The number of halogens is 2. The maximum atomic E-state index is 13.5. The van der Waals surface area contributed by atoms with E-state index in [1.807, 2.05) is 48.5 Å². The molecule has 0 unspecified atom stereocenters. The van der Waals surface area contributed by atoms with E-state index in [0.29, 0.717) is 17.1 Å². The van der Waals surface area contributed by atoms with E-state index >= 15 is 0 Å². The Morgan fingerprint density at radius 1 is 0.543 bits per heavy atom. The summed E-state index contributed by atoms with van der Waals surface area (Å²) in [6, 6.07) is 28.8. The van der Waals surface area contributed by atoms with E-state index in [4.69, 9.17) is 4.98 Å². The van der Waals surface area contributed by atoms with Crippen molar-refractivity contribution >= 4 is 12.7 Å². The van der Waals surface area contributed by atoms with Gasteiger partial charge in [0.2, 0.25) is 0 Å². The van der Waals surface area contributed by atoms with Crippen LogP contribution in [0.5, 0.6) is 0 Å². The van der Waals surface area contributed by atoms with Crippen LogP contribution in [0.3, 0.4) is 0 Å². The summed E-state index contributed by atoms with van der Waals surface area (Å²) in [5, 5.41) is 19.8. The Morgan fingerprint density at radius 3 is 1.60 bits per heavy atom. The molecule has 35 heavy (non-hydrogen) atoms. The number of nitrogens with zero attached hydrogens (tertiary/aromatic N) is 2. The van der Waals surface area contributed by atoms with Gasteiger partial charge in [0.25, 0.3) is 0 Å². The SMILES string of the molecule is OB(O)c1cc(-c2ccccc2-c2ccc(F)cc2)nc(-c2ccc(-c3ccc(F)cc3)cc2)n1. The van der Waals surface area contributed by atoms with Crippen molar-refractivity contribution in [3.05, 3.63) is 115 Å². The van der Waals surface area contributed by atoms with Gasteiger partial charge in [-0.25, -0.2) is 18.7 Å². The second-order valence-corrected chi connectivity index (χ2v) is 8.01. The minimum absolute atomic E-state index is 0.0570. The minimum atomic E-state index is -1.79. The van der Waals surface area contributed by atoms with E-state index in [1.54, 1.807) is 24.3 Å². The lowest BCUT2D eigenvalue weighted by Gasteiger charge is -2.13. The van der Waals surface area contributed by atoms with Crippen LogP contribution >= 0.6 is 0 Å². The molecule has 0 radical (unpaired) electrons. The maximum Gasteiger partial charge on any atom is 0.508 e. The highest BCUT2D eigenvalue weighted by Crippen LogP contribution is 2.32. The first-order valence-corrected chi connectivity index (χ1v) is 10.9. The van der Waals surface area contributed by atoms with Crippen LogP contribution in [0.25, 0.3) is 44.9 Å². The Morgan fingerprint density at radius 2 is 1.03 bits per heavy atom. The summed E-state index contributed by atoms with van der Waals surface area (Å²) in [6.45, 7) is 0. The Bertz CT molecular complexity index is 1470. The molecule has 0 spiro atoms. The highest BCUT2D eigenvalue weighted by molar-refractivity contribution is 6.57. The van der Waals surface area contributed by atoms with E-state index in [1.165, 1.54) is 30.3 Å². The van der Waals surface area contributed by atoms with Crippen molar-refractivity contribution < 1.29 is 18.8 Å². The molecule has 1 heterocycles. The fourth-order valence-corrected chi connectivity index (χ4v) is 3.91. The molecule has 0 fully saturated rings. The van der Waals surface area contributed by atoms with Gasteiger partial charge < -0.3 is 10.0 Å². The molecule has 0 atom stereocenters. The zero-order valence-electron chi connectivity index (χ0n) is 18.4. The molecule has 0 saturated carbocycles. The third-order valence-corrected chi connectivity index (χ3v) is 5.69. The first-order chi connectivity index (χ1) is 17.0. The second kappa shape index (κ2) is 9.58. The lowest BCUT2D eigenvalue weighted by atomic mass is 9.84. The lowest BCUT2D eigenvalue weighted by molar-refractivity contribution is 0.424. The first kappa shape index (κ1) is 22.6. The van der Waals surface area contributed by atoms with Gasteiger partial charge in [-0.05, 0) is 52.6 Å². The van der Waals surface area contributed by atoms with Crippen molar-refractivity contribution in [2.75, 3.05) is 0 Å². The summed E-state index contributed by atoms with van der Waals surface area (Å²) in [7, 11) is -1.79. The molecule has 0 aliphatic carbocycles. The van der Waals surface area contributed by atoms with Crippen LogP contribution < -0.4 is 5.59 Å². The van der Waals surface area contributed by atoms with Gasteiger partial charge in [-0.15, -0.1) is 0 Å². The highest BCUT2D eigenvalue weighted by Gasteiger charge is 2.19. The van der Waals surface area contributed by atoms with Crippen molar-refractivity contribution in [3.63, 3.8) is 0 Å². The van der Waals surface area contributed by atoms with Gasteiger partial charge in [0.15, 0.2) is 5.82 Å². The Hall–Kier alpha value is -4.20. The molecule has 4 aromatic carbocycles. The maximum absolute atomic E-state index is 13.5. The van der Waals surface area contributed by atoms with E-state index in [0.717, 1.165) is 27.8 Å². The summed E-state index contributed by atoms with van der Waals surface area (Å²) in [6.07, 6.45) is 0. The van der Waals surface area contributed by atoms with Crippen molar-refractivity contribution in [2.45, 2.75) is 0 Å². The van der Waals surface area contributed by atoms with E-state index in [2.05, 4.69) is 4.98 Å². The Labute approximate surface area is 201 Å². The van der Waals surface area contributed by atoms with Crippen LogP contribution in [0.2, 0.25) is 0 Å². The molecule has 170 valence electrons. The van der Waals surface area contributed by atoms with E-state index < -0.39 is 7.12 Å². The molecule has 4 nitrogen and oxygen atoms in total. The summed E-state index contributed by atoms with van der Waals surface area (Å²) < 4.78 is 26.7. The Balaban J connectivity index is 1.58. The van der Waals surface area contributed by atoms with Crippen LogP contribution in [-0.4, -0.2) is 27.1 Å². The number of hydrogen-bond acceptors (Lipinski definition) is 4. The van der Waals surface area contributed by atoms with E-state index in [9.17, 15) is 18.8 Å². The summed E-state index contributed by atoms with van der Waals surface area (Å²) >= 11 is 0. The normalized spacial score (nSPS) is 10.9. The molecule has 5 aromatic rings. The lowest BCUT2D eigenvalue weighted by Crippen LogP contribution is -2.33. The van der Waals surface area contributed by atoms with E-state index in [-0.39, 0.29) is 17.2 Å². The monoisotopic (exact) mass is 464 g/mol. The van der Waals surface area contributed by atoms with Crippen LogP contribution in [0.15, 0.2) is 103 Å².